The first kappa shape index (κ1) is 72.6. The minimum atomic E-state index is -1.17. The van der Waals surface area contributed by atoms with E-state index in [1.54, 1.807) is 4.90 Å². The van der Waals surface area contributed by atoms with Gasteiger partial charge in [-0.25, -0.2) is 0 Å². The first-order chi connectivity index (χ1) is 45.4. The Kier molecular flexibility index (Phi) is 21.8. The molecule has 6 amide bonds. The smallest absolute Gasteiger partial charge is 0.317 e. The van der Waals surface area contributed by atoms with Crippen molar-refractivity contribution in [3.05, 3.63) is 0 Å². The SMILES string of the molecule is C.C.CC1CCC(CC2CCC(N3C(=O)C4C(C3=O)C3C5C(=O)N(C)C(=O)C5C43)CC2)CC1.CNC(=O)C1C(C(=O)O)C2C(C(=O)O)C(C(=O)NC3CCC(CC4CCC(C)CC4)CC3)C12.NC1CCC(CC2CCC(N)CC2)CC1.O=C1OC(=O)C2C1C1C3C(=O)OC(=O)C3C21. The molecule has 0 bridgehead atoms. The van der Waals surface area contributed by atoms with E-state index < -0.39 is 101 Å². The minimum absolute atomic E-state index is 0. The lowest BCUT2D eigenvalue weighted by molar-refractivity contribution is -0.222. The second kappa shape index (κ2) is 29.1. The van der Waals surface area contributed by atoms with Gasteiger partial charge in [0.05, 0.1) is 71.0 Å². The van der Waals surface area contributed by atoms with Crippen LogP contribution >= 0.6 is 0 Å². The maximum atomic E-state index is 13.2. The van der Waals surface area contributed by atoms with E-state index in [2.05, 4.69) is 34.0 Å². The molecule has 8 N–H and O–H groups in total. The van der Waals surface area contributed by atoms with Crippen LogP contribution in [-0.2, 0) is 67.0 Å². The lowest BCUT2D eigenvalue weighted by Gasteiger charge is -2.63. The molecule has 4 saturated heterocycles. The number of nitrogens with one attached hydrogen (secondary N) is 2. The van der Waals surface area contributed by atoms with E-state index in [1.165, 1.54) is 141 Å². The number of carboxylic acids is 2. The number of imide groups is 2. The van der Waals surface area contributed by atoms with Crippen molar-refractivity contribution in [1.29, 1.82) is 0 Å². The molecule has 16 unspecified atom stereocenters. The summed E-state index contributed by atoms with van der Waals surface area (Å²) in [7, 11) is 2.96. The Morgan fingerprint density at radius 1 is 0.402 bits per heavy atom. The van der Waals surface area contributed by atoms with Gasteiger partial charge < -0.3 is 41.8 Å². The molecular weight excluding hydrogens is 1240 g/mol. The first-order valence-electron chi connectivity index (χ1n) is 37.1. The van der Waals surface area contributed by atoms with E-state index in [1.807, 2.05) is 0 Å². The molecule has 12 saturated carbocycles. The molecule has 16 rings (SSSR count). The van der Waals surface area contributed by atoms with Crippen LogP contribution in [-0.4, -0.2) is 130 Å². The Morgan fingerprint density at radius 3 is 1.03 bits per heavy atom. The topological polar surface area (TPSA) is 346 Å². The number of carbonyl (C=O) groups is 12. The Bertz CT molecular complexity index is 2890. The van der Waals surface area contributed by atoms with Crippen molar-refractivity contribution >= 4 is 71.3 Å². The number of rotatable bonds is 12. The molecule has 97 heavy (non-hydrogen) atoms. The van der Waals surface area contributed by atoms with Gasteiger partial charge >= 0.3 is 35.8 Å². The second-order valence-electron chi connectivity index (χ2n) is 33.2. The molecule has 16 atom stereocenters. The molecule has 0 aromatic rings. The fraction of sp³-hybridized carbons (Fsp3) is 0.840. The molecule has 16 aliphatic rings. The van der Waals surface area contributed by atoms with E-state index in [4.69, 9.17) is 11.5 Å². The van der Waals surface area contributed by atoms with Gasteiger partial charge in [0.25, 0.3) is 0 Å². The average Bonchev–Trinajstić information content (AvgIpc) is 1.57. The number of carboxylic acid groups (broad SMARTS) is 2. The zero-order valence-corrected chi connectivity index (χ0v) is 56.1. The highest BCUT2D eigenvalue weighted by Gasteiger charge is 2.81. The monoisotopic (exact) mass is 1350 g/mol. The molecule has 16 fully saturated rings. The third-order valence-electron chi connectivity index (χ3n) is 28.2. The van der Waals surface area contributed by atoms with Gasteiger partial charge in [0, 0.05) is 38.3 Å². The largest absolute Gasteiger partial charge is 0.481 e. The summed E-state index contributed by atoms with van der Waals surface area (Å²) in [4.78, 5) is 148. The number of hydrogen-bond donors (Lipinski definition) is 6. The maximum absolute atomic E-state index is 13.2. The van der Waals surface area contributed by atoms with Gasteiger partial charge in [0.2, 0.25) is 35.4 Å². The quantitative estimate of drug-likeness (QED) is 0.0613. The molecule has 22 nitrogen and oxygen atoms in total. The van der Waals surface area contributed by atoms with Crippen molar-refractivity contribution < 1.29 is 77.2 Å². The maximum Gasteiger partial charge on any atom is 0.317 e. The van der Waals surface area contributed by atoms with Crippen molar-refractivity contribution in [2.24, 2.45) is 165 Å². The van der Waals surface area contributed by atoms with Crippen LogP contribution in [0.1, 0.15) is 202 Å². The fourth-order valence-electron chi connectivity index (χ4n) is 22.9. The summed E-state index contributed by atoms with van der Waals surface area (Å²) in [5.41, 5.74) is 11.9. The number of likely N-dealkylation sites (tertiary alicyclic amines) is 2. The number of ether oxygens (including phenoxy) is 2. The number of esters is 4. The van der Waals surface area contributed by atoms with E-state index in [0.717, 1.165) is 92.8 Å². The van der Waals surface area contributed by atoms with Crippen LogP contribution in [0.4, 0.5) is 0 Å². The Morgan fingerprint density at radius 2 is 0.691 bits per heavy atom. The lowest BCUT2D eigenvalue weighted by atomic mass is 9.37. The molecule has 0 spiro atoms. The minimum Gasteiger partial charge on any atom is -0.481 e. The van der Waals surface area contributed by atoms with E-state index in [9.17, 15) is 67.7 Å². The van der Waals surface area contributed by atoms with Gasteiger partial charge in [-0.2, -0.15) is 0 Å². The summed E-state index contributed by atoms with van der Waals surface area (Å²) < 4.78 is 9.05. The molecule has 538 valence electrons. The Balaban J connectivity index is 0.000000137. The molecule has 22 heteroatoms. The summed E-state index contributed by atoms with van der Waals surface area (Å²) in [6.45, 7) is 4.70. The lowest BCUT2D eigenvalue weighted by Crippen LogP contribution is -2.73. The van der Waals surface area contributed by atoms with Gasteiger partial charge in [0.15, 0.2) is 0 Å². The number of nitrogens with two attached hydrogens (primary N) is 2. The van der Waals surface area contributed by atoms with Crippen molar-refractivity contribution in [1.82, 2.24) is 20.4 Å². The van der Waals surface area contributed by atoms with Crippen molar-refractivity contribution in [2.45, 2.75) is 226 Å². The number of cyclic esters (lactones) is 4. The predicted molar refractivity (Wildman–Crippen MR) is 353 cm³/mol. The molecule has 0 radical (unpaired) electrons. The summed E-state index contributed by atoms with van der Waals surface area (Å²) in [6, 6.07) is 1.06. The number of carbonyl (C=O) groups excluding carboxylic acids is 10. The van der Waals surface area contributed by atoms with Crippen molar-refractivity contribution in [2.75, 3.05) is 14.1 Å². The van der Waals surface area contributed by atoms with Gasteiger partial charge in [0.1, 0.15) is 0 Å². The molecule has 4 heterocycles. The molecule has 0 aromatic carbocycles. The fourth-order valence-corrected chi connectivity index (χ4v) is 22.9. The second-order valence-corrected chi connectivity index (χ2v) is 33.2. The Labute approximate surface area is 572 Å². The molecule has 0 aromatic heterocycles. The third-order valence-corrected chi connectivity index (χ3v) is 28.2. The van der Waals surface area contributed by atoms with Gasteiger partial charge in [-0.3, -0.25) is 67.3 Å². The summed E-state index contributed by atoms with van der Waals surface area (Å²) in [6.07, 6.45) is 33.5. The average molecular weight is 1350 g/mol. The summed E-state index contributed by atoms with van der Waals surface area (Å²) in [5, 5.41) is 24.8. The van der Waals surface area contributed by atoms with Gasteiger partial charge in [-0.15, -0.1) is 0 Å². The summed E-state index contributed by atoms with van der Waals surface area (Å²) in [5.74, 6) is -7.83. The van der Waals surface area contributed by atoms with E-state index >= 15 is 0 Å². The van der Waals surface area contributed by atoms with Crippen LogP contribution in [0.2, 0.25) is 0 Å². The highest BCUT2D eigenvalue weighted by Crippen LogP contribution is 2.71. The van der Waals surface area contributed by atoms with Crippen LogP contribution in [0.5, 0.6) is 0 Å². The Hall–Kier alpha value is -5.64. The number of nitrogens with zero attached hydrogens (tertiary/aromatic N) is 2. The van der Waals surface area contributed by atoms with E-state index in [0.29, 0.717) is 18.0 Å². The van der Waals surface area contributed by atoms with Crippen LogP contribution < -0.4 is 22.1 Å². The van der Waals surface area contributed by atoms with Crippen LogP contribution in [0, 0.1) is 154 Å². The zero-order chi connectivity index (χ0) is 67.3. The van der Waals surface area contributed by atoms with Crippen LogP contribution in [0.25, 0.3) is 0 Å². The van der Waals surface area contributed by atoms with Crippen molar-refractivity contribution in [3.8, 4) is 0 Å². The third kappa shape index (κ3) is 13.1. The standard InChI is InChI=1S/C25H38N2O6.C25H34N2O4.C13H26N2.C10H6O6.2CH4/c1-12-3-5-13(6-4-12)11-14-7-9-15(10-8-14)27-23(29)19-16-17(21(19)25(32)33)20(24(30)31)18(16)22(28)26-2;1-12-3-5-13(6-4-12)11-14-7-9-15(10-8-14)27-24(30)20-16-17(21(20)25(27)31)19-18(16)22(28)26(2)23(19)29;14-12-5-1-10(2-6-12)9-11-3-7-13(15)8-4-11;11-7-3-1-2(5(3)9(13)15-7)6-4(1)8(12)16-10(6)14;;/h12-21H,3-11H2,1-2H3,(H,26,28)(H,27,29)(H,30,31)(H,32,33);12-21H,3-11H2,1-2H3;10-13H,1-9,14-15H2;1-6H;2*1H4. The summed E-state index contributed by atoms with van der Waals surface area (Å²) >= 11 is 0. The molecular formula is C75H112N6O16. The van der Waals surface area contributed by atoms with E-state index in [-0.39, 0.29) is 104 Å². The van der Waals surface area contributed by atoms with Gasteiger partial charge in [-0.1, -0.05) is 80.1 Å². The number of fused-ring (bicyclic) bond motifs is 15. The van der Waals surface area contributed by atoms with Crippen LogP contribution in [0.3, 0.4) is 0 Å². The molecule has 12 aliphatic carbocycles. The highest BCUT2D eigenvalue weighted by atomic mass is 16.6. The van der Waals surface area contributed by atoms with Crippen molar-refractivity contribution in [3.63, 3.8) is 0 Å². The highest BCUT2D eigenvalue weighted by molar-refractivity contribution is 6.13. The zero-order valence-electron chi connectivity index (χ0n) is 56.1. The normalized spacial score (nSPS) is 45.1. The van der Waals surface area contributed by atoms with Crippen LogP contribution in [0.15, 0.2) is 0 Å². The first-order valence-corrected chi connectivity index (χ1v) is 37.1. The predicted octanol–water partition coefficient (Wildman–Crippen LogP) is 7.93. The number of aliphatic carboxylic acids is 2. The van der Waals surface area contributed by atoms with Gasteiger partial charge in [-0.05, 0) is 205 Å². The number of amides is 6. The molecule has 4 aliphatic heterocycles. The number of hydrogen-bond acceptors (Lipinski definition) is 16.